The number of aromatic hydroxyl groups is 1. The molecule has 0 heterocycles. The Morgan fingerprint density at radius 2 is 1.95 bits per heavy atom. The molecule has 0 saturated heterocycles. The Hall–Kier alpha value is -0.890. The van der Waals surface area contributed by atoms with Crippen molar-refractivity contribution in [2.24, 2.45) is 11.7 Å². The molecule has 8 heteroatoms. The SMILES string of the molecule is CC(C)[C@@H](O)[C@@H](N)c1cc([N+](=O)[O-])cc(Br)c1O.Cl. The molecular formula is C11H16BrClN2O4. The van der Waals surface area contributed by atoms with Crippen LogP contribution >= 0.6 is 28.3 Å². The highest BCUT2D eigenvalue weighted by atomic mass is 79.9. The summed E-state index contributed by atoms with van der Waals surface area (Å²) in [7, 11) is 0. The standard InChI is InChI=1S/C11H15BrN2O4.ClH/c1-5(2)10(15)9(13)7-3-6(14(17)18)4-8(12)11(7)16;/h3-5,9-10,15-16H,13H2,1-2H3;1H/t9-,10+;/m0./s1. The molecule has 0 aliphatic heterocycles. The second kappa shape index (κ2) is 7.04. The molecule has 0 spiro atoms. The third-order valence-electron chi connectivity index (χ3n) is 2.70. The molecule has 0 aliphatic rings. The predicted molar refractivity (Wildman–Crippen MR) is 77.5 cm³/mol. The molecule has 0 aromatic heterocycles. The van der Waals surface area contributed by atoms with Crippen molar-refractivity contribution in [3.8, 4) is 5.75 Å². The molecule has 1 aromatic carbocycles. The first-order chi connectivity index (χ1) is 8.25. The van der Waals surface area contributed by atoms with Crippen molar-refractivity contribution in [3.63, 3.8) is 0 Å². The molecule has 0 radical (unpaired) electrons. The molecule has 0 bridgehead atoms. The lowest BCUT2D eigenvalue weighted by molar-refractivity contribution is -0.385. The van der Waals surface area contributed by atoms with Gasteiger partial charge in [0.05, 0.1) is 21.5 Å². The number of hydrogen-bond acceptors (Lipinski definition) is 5. The lowest BCUT2D eigenvalue weighted by atomic mass is 9.93. The van der Waals surface area contributed by atoms with Gasteiger partial charge in [-0.1, -0.05) is 13.8 Å². The fourth-order valence-electron chi connectivity index (χ4n) is 1.56. The van der Waals surface area contributed by atoms with Gasteiger partial charge in [0.25, 0.3) is 5.69 Å². The van der Waals surface area contributed by atoms with Gasteiger partial charge in [0.1, 0.15) is 5.75 Å². The zero-order valence-corrected chi connectivity index (χ0v) is 12.8. The van der Waals surface area contributed by atoms with Crippen molar-refractivity contribution in [1.29, 1.82) is 0 Å². The molecule has 1 aromatic rings. The Bertz CT molecular complexity index is 470. The maximum absolute atomic E-state index is 10.7. The minimum absolute atomic E-state index is 0. The van der Waals surface area contributed by atoms with Gasteiger partial charge in [-0.3, -0.25) is 10.1 Å². The van der Waals surface area contributed by atoms with Gasteiger partial charge in [0.15, 0.2) is 0 Å². The quantitative estimate of drug-likeness (QED) is 0.568. The number of rotatable bonds is 4. The number of phenols is 1. The Labute approximate surface area is 125 Å². The van der Waals surface area contributed by atoms with Crippen molar-refractivity contribution in [3.05, 3.63) is 32.3 Å². The van der Waals surface area contributed by atoms with E-state index in [1.807, 2.05) is 0 Å². The van der Waals surface area contributed by atoms with Crippen LogP contribution in [0.4, 0.5) is 5.69 Å². The molecule has 108 valence electrons. The van der Waals surface area contributed by atoms with Crippen LogP contribution in [0.2, 0.25) is 0 Å². The minimum atomic E-state index is -0.898. The van der Waals surface area contributed by atoms with Gasteiger partial charge < -0.3 is 15.9 Å². The highest BCUT2D eigenvalue weighted by Crippen LogP contribution is 2.37. The number of aliphatic hydroxyl groups excluding tert-OH is 1. The molecule has 0 aliphatic carbocycles. The van der Waals surface area contributed by atoms with Crippen molar-refractivity contribution in [2.45, 2.75) is 26.0 Å². The van der Waals surface area contributed by atoms with Crippen LogP contribution < -0.4 is 5.73 Å². The number of halogens is 2. The fourth-order valence-corrected chi connectivity index (χ4v) is 2.03. The van der Waals surface area contributed by atoms with Gasteiger partial charge >= 0.3 is 0 Å². The topological polar surface area (TPSA) is 110 Å². The highest BCUT2D eigenvalue weighted by Gasteiger charge is 2.26. The lowest BCUT2D eigenvalue weighted by Gasteiger charge is -2.23. The number of nitrogens with zero attached hydrogens (tertiary/aromatic N) is 1. The zero-order chi connectivity index (χ0) is 14.0. The number of aliphatic hydroxyl groups is 1. The van der Waals surface area contributed by atoms with Crippen LogP contribution in [0.15, 0.2) is 16.6 Å². The Morgan fingerprint density at radius 1 is 1.42 bits per heavy atom. The van der Waals surface area contributed by atoms with Gasteiger partial charge in [-0.15, -0.1) is 12.4 Å². The summed E-state index contributed by atoms with van der Waals surface area (Å²) in [5.41, 5.74) is 5.78. The number of nitrogens with two attached hydrogens (primary N) is 1. The van der Waals surface area contributed by atoms with Crippen molar-refractivity contribution in [2.75, 3.05) is 0 Å². The Kier molecular flexibility index (Phi) is 6.71. The van der Waals surface area contributed by atoms with E-state index in [1.165, 1.54) is 12.1 Å². The molecule has 2 atom stereocenters. The maximum atomic E-state index is 10.7. The number of phenolic OH excluding ortho intramolecular Hbond substituents is 1. The van der Waals surface area contributed by atoms with Gasteiger partial charge in [0.2, 0.25) is 0 Å². The van der Waals surface area contributed by atoms with Crippen molar-refractivity contribution in [1.82, 2.24) is 0 Å². The monoisotopic (exact) mass is 354 g/mol. The maximum Gasteiger partial charge on any atom is 0.271 e. The number of non-ortho nitro benzene ring substituents is 1. The van der Waals surface area contributed by atoms with Crippen LogP contribution in [0.25, 0.3) is 0 Å². The first kappa shape index (κ1) is 18.1. The van der Waals surface area contributed by atoms with E-state index in [0.717, 1.165) is 0 Å². The molecule has 1 rings (SSSR count). The second-order valence-electron chi connectivity index (χ2n) is 4.38. The largest absolute Gasteiger partial charge is 0.506 e. The van der Waals surface area contributed by atoms with E-state index in [0.29, 0.717) is 0 Å². The Balaban J connectivity index is 0.00000324. The molecule has 0 fully saturated rings. The van der Waals surface area contributed by atoms with Crippen LogP contribution in [0.5, 0.6) is 5.75 Å². The Morgan fingerprint density at radius 3 is 2.37 bits per heavy atom. The van der Waals surface area contributed by atoms with Crippen molar-refractivity contribution >= 4 is 34.0 Å². The van der Waals surface area contributed by atoms with E-state index in [1.54, 1.807) is 13.8 Å². The van der Waals surface area contributed by atoms with E-state index < -0.39 is 17.1 Å². The summed E-state index contributed by atoms with van der Waals surface area (Å²) in [6.07, 6.45) is -0.898. The smallest absolute Gasteiger partial charge is 0.271 e. The fraction of sp³-hybridized carbons (Fsp3) is 0.455. The van der Waals surface area contributed by atoms with Gasteiger partial charge in [-0.05, 0) is 21.8 Å². The van der Waals surface area contributed by atoms with E-state index in [4.69, 9.17) is 5.73 Å². The average molecular weight is 356 g/mol. The first-order valence-corrected chi connectivity index (χ1v) is 6.15. The summed E-state index contributed by atoms with van der Waals surface area (Å²) in [4.78, 5) is 10.2. The lowest BCUT2D eigenvalue weighted by Crippen LogP contribution is -2.30. The molecular weight excluding hydrogens is 339 g/mol. The zero-order valence-electron chi connectivity index (χ0n) is 10.4. The number of hydrogen-bond donors (Lipinski definition) is 3. The van der Waals surface area contributed by atoms with E-state index in [9.17, 15) is 20.3 Å². The summed E-state index contributed by atoms with van der Waals surface area (Å²) in [5.74, 6) is -0.315. The van der Waals surface area contributed by atoms with Crippen LogP contribution in [-0.4, -0.2) is 21.2 Å². The highest BCUT2D eigenvalue weighted by molar-refractivity contribution is 9.10. The van der Waals surface area contributed by atoms with E-state index in [-0.39, 0.29) is 39.8 Å². The van der Waals surface area contributed by atoms with Crippen molar-refractivity contribution < 1.29 is 15.1 Å². The van der Waals surface area contributed by atoms with Crippen LogP contribution in [0.1, 0.15) is 25.5 Å². The number of nitro groups is 1. The third-order valence-corrected chi connectivity index (χ3v) is 3.30. The van der Waals surface area contributed by atoms with Crippen LogP contribution in [0, 0.1) is 16.0 Å². The first-order valence-electron chi connectivity index (χ1n) is 5.36. The molecule has 6 nitrogen and oxygen atoms in total. The van der Waals surface area contributed by atoms with Gasteiger partial charge in [-0.2, -0.15) is 0 Å². The summed E-state index contributed by atoms with van der Waals surface area (Å²) in [6, 6.07) is 1.48. The summed E-state index contributed by atoms with van der Waals surface area (Å²) >= 11 is 3.03. The summed E-state index contributed by atoms with van der Waals surface area (Å²) < 4.78 is 0.179. The van der Waals surface area contributed by atoms with E-state index in [2.05, 4.69) is 15.9 Å². The molecule has 0 amide bonds. The van der Waals surface area contributed by atoms with Crippen LogP contribution in [0.3, 0.4) is 0 Å². The summed E-state index contributed by atoms with van der Waals surface area (Å²) in [6.45, 7) is 3.54. The predicted octanol–water partition coefficient (Wildman–Crippen LogP) is 2.50. The van der Waals surface area contributed by atoms with Gasteiger partial charge in [-0.25, -0.2) is 0 Å². The molecule has 4 N–H and O–H groups in total. The third kappa shape index (κ3) is 4.04. The average Bonchev–Trinajstić information content (AvgIpc) is 2.30. The summed E-state index contributed by atoms with van der Waals surface area (Å²) in [5, 5.41) is 30.5. The van der Waals surface area contributed by atoms with Crippen LogP contribution in [-0.2, 0) is 0 Å². The molecule has 19 heavy (non-hydrogen) atoms. The van der Waals surface area contributed by atoms with E-state index >= 15 is 0 Å². The molecule has 0 unspecified atom stereocenters. The number of nitro benzene ring substituents is 1. The molecule has 0 saturated carbocycles. The number of benzene rings is 1. The second-order valence-corrected chi connectivity index (χ2v) is 5.24. The van der Waals surface area contributed by atoms with Gasteiger partial charge in [0, 0.05) is 17.7 Å². The minimum Gasteiger partial charge on any atom is -0.506 e. The normalized spacial score (nSPS) is 13.8.